The van der Waals surface area contributed by atoms with E-state index in [2.05, 4.69) is 5.18 Å². The molecule has 1 unspecified atom stereocenters. The summed E-state index contributed by atoms with van der Waals surface area (Å²) in [7, 11) is 0. The maximum Gasteiger partial charge on any atom is 0.303 e. The summed E-state index contributed by atoms with van der Waals surface area (Å²) in [6, 6.07) is -0.734. The molecule has 0 aromatic heterocycles. The molecule has 4 nitrogen and oxygen atoms in total. The van der Waals surface area contributed by atoms with Gasteiger partial charge in [0.15, 0.2) is 0 Å². The molecule has 0 aromatic carbocycles. The molecule has 1 amide bonds. The first-order valence-electron chi connectivity index (χ1n) is 2.72. The molecule has 2 N–H and O–H groups in total. The minimum atomic E-state index is -0.773. The van der Waals surface area contributed by atoms with Crippen LogP contribution in [0.4, 0.5) is 0 Å². The summed E-state index contributed by atoms with van der Waals surface area (Å²) in [5, 5.41) is 2.20. The van der Waals surface area contributed by atoms with Crippen molar-refractivity contribution < 1.29 is 4.79 Å². The van der Waals surface area contributed by atoms with Gasteiger partial charge >= 0.3 is 5.91 Å². The molecule has 0 bridgehead atoms. The van der Waals surface area contributed by atoms with Crippen molar-refractivity contribution in [1.29, 1.82) is 0 Å². The number of carbonyl (C=O) groups excluding carboxylic acids is 1. The second-order valence-corrected chi connectivity index (χ2v) is 2.20. The summed E-state index contributed by atoms with van der Waals surface area (Å²) in [5.41, 5.74) is 5.23. The SMILES string of the molecule is CC(C)C(N)C(=O)N=O. The van der Waals surface area contributed by atoms with E-state index in [9.17, 15) is 9.70 Å². The number of nitrogens with two attached hydrogens (primary N) is 1. The highest BCUT2D eigenvalue weighted by Gasteiger charge is 2.16. The van der Waals surface area contributed by atoms with Crippen LogP contribution < -0.4 is 5.73 Å². The minimum absolute atomic E-state index is 0.0183. The highest BCUT2D eigenvalue weighted by molar-refractivity contribution is 5.82. The Labute approximate surface area is 53.4 Å². The van der Waals surface area contributed by atoms with Crippen LogP contribution in [0.15, 0.2) is 5.18 Å². The van der Waals surface area contributed by atoms with Gasteiger partial charge < -0.3 is 5.73 Å². The third kappa shape index (κ3) is 2.32. The predicted molar refractivity (Wildman–Crippen MR) is 33.6 cm³/mol. The lowest BCUT2D eigenvalue weighted by molar-refractivity contribution is -0.119. The molecule has 0 aliphatic carbocycles. The van der Waals surface area contributed by atoms with Gasteiger partial charge in [0.25, 0.3) is 0 Å². The van der Waals surface area contributed by atoms with Crippen molar-refractivity contribution in [1.82, 2.24) is 0 Å². The van der Waals surface area contributed by atoms with Gasteiger partial charge in [0.2, 0.25) is 0 Å². The molecule has 52 valence electrons. The van der Waals surface area contributed by atoms with E-state index in [1.807, 2.05) is 0 Å². The average molecular weight is 130 g/mol. The van der Waals surface area contributed by atoms with Crippen LogP contribution in [0.2, 0.25) is 0 Å². The van der Waals surface area contributed by atoms with Crippen molar-refractivity contribution in [2.45, 2.75) is 19.9 Å². The molecule has 4 heteroatoms. The predicted octanol–water partition coefficient (Wildman–Crippen LogP) is 0.263. The van der Waals surface area contributed by atoms with Crippen molar-refractivity contribution in [3.63, 3.8) is 0 Å². The van der Waals surface area contributed by atoms with Crippen LogP contribution in [0.25, 0.3) is 0 Å². The fourth-order valence-electron chi connectivity index (χ4n) is 0.346. The van der Waals surface area contributed by atoms with Gasteiger partial charge in [-0.1, -0.05) is 13.8 Å². The Kier molecular flexibility index (Phi) is 3.01. The Morgan fingerprint density at radius 3 is 2.11 bits per heavy atom. The maximum absolute atomic E-state index is 10.3. The molecule has 9 heavy (non-hydrogen) atoms. The molecule has 1 atom stereocenters. The molecule has 0 radical (unpaired) electrons. The monoisotopic (exact) mass is 130 g/mol. The number of hydrogen-bond acceptors (Lipinski definition) is 3. The molecule has 0 saturated carbocycles. The fraction of sp³-hybridized carbons (Fsp3) is 0.800. The smallest absolute Gasteiger partial charge is 0.303 e. The van der Waals surface area contributed by atoms with Gasteiger partial charge in [-0.2, -0.15) is 0 Å². The van der Waals surface area contributed by atoms with Crippen LogP contribution in [0.1, 0.15) is 13.8 Å². The van der Waals surface area contributed by atoms with E-state index in [1.165, 1.54) is 0 Å². The van der Waals surface area contributed by atoms with Crippen molar-refractivity contribution in [3.8, 4) is 0 Å². The van der Waals surface area contributed by atoms with E-state index >= 15 is 0 Å². The second kappa shape index (κ2) is 3.29. The summed E-state index contributed by atoms with van der Waals surface area (Å²) in [6.45, 7) is 3.52. The Morgan fingerprint density at radius 2 is 2.00 bits per heavy atom. The summed E-state index contributed by atoms with van der Waals surface area (Å²) in [4.78, 5) is 19.9. The lowest BCUT2D eigenvalue weighted by atomic mass is 10.1. The van der Waals surface area contributed by atoms with Gasteiger partial charge in [-0.15, -0.1) is 4.91 Å². The number of rotatable bonds is 2. The fourth-order valence-corrected chi connectivity index (χ4v) is 0.346. The van der Waals surface area contributed by atoms with Crippen LogP contribution >= 0.6 is 0 Å². The Hall–Kier alpha value is -0.770. The Balaban J connectivity index is 3.87. The molecular weight excluding hydrogens is 120 g/mol. The largest absolute Gasteiger partial charge is 0.320 e. The summed E-state index contributed by atoms with van der Waals surface area (Å²) in [6.07, 6.45) is 0. The molecule has 0 fully saturated rings. The molecule has 0 heterocycles. The van der Waals surface area contributed by atoms with Crippen LogP contribution in [0.5, 0.6) is 0 Å². The normalized spacial score (nSPS) is 13.3. The highest BCUT2D eigenvalue weighted by atomic mass is 16.3. The zero-order valence-electron chi connectivity index (χ0n) is 5.50. The number of hydrogen-bond donors (Lipinski definition) is 1. The zero-order valence-corrected chi connectivity index (χ0v) is 5.50. The first-order chi connectivity index (χ1) is 4.09. The first-order valence-corrected chi connectivity index (χ1v) is 2.72. The van der Waals surface area contributed by atoms with Gasteiger partial charge in [0.1, 0.15) is 0 Å². The van der Waals surface area contributed by atoms with Crippen molar-refractivity contribution in [3.05, 3.63) is 4.91 Å². The van der Waals surface area contributed by atoms with Crippen LogP contribution in [-0.2, 0) is 4.79 Å². The highest BCUT2D eigenvalue weighted by Crippen LogP contribution is 1.98. The molecular formula is C5H10N2O2. The Bertz CT molecular complexity index is 122. The van der Waals surface area contributed by atoms with Crippen molar-refractivity contribution >= 4 is 5.91 Å². The van der Waals surface area contributed by atoms with Gasteiger partial charge in [-0.05, 0) is 5.92 Å². The van der Waals surface area contributed by atoms with Crippen molar-refractivity contribution in [2.24, 2.45) is 16.8 Å². The summed E-state index contributed by atoms with van der Waals surface area (Å²) >= 11 is 0. The summed E-state index contributed by atoms with van der Waals surface area (Å²) < 4.78 is 0. The van der Waals surface area contributed by atoms with E-state index in [0.29, 0.717) is 0 Å². The topological polar surface area (TPSA) is 72.5 Å². The van der Waals surface area contributed by atoms with E-state index in [-0.39, 0.29) is 5.92 Å². The third-order valence-electron chi connectivity index (χ3n) is 1.09. The van der Waals surface area contributed by atoms with E-state index in [0.717, 1.165) is 0 Å². The third-order valence-corrected chi connectivity index (χ3v) is 1.09. The quantitative estimate of drug-likeness (QED) is 0.545. The van der Waals surface area contributed by atoms with Gasteiger partial charge in [-0.3, -0.25) is 4.79 Å². The van der Waals surface area contributed by atoms with E-state index < -0.39 is 11.9 Å². The van der Waals surface area contributed by atoms with Gasteiger partial charge in [0, 0.05) is 5.18 Å². The van der Waals surface area contributed by atoms with E-state index in [4.69, 9.17) is 5.73 Å². The average Bonchev–Trinajstić information content (AvgIpc) is 1.84. The standard InChI is InChI=1S/C5H10N2O2/c1-3(2)4(6)5(8)7-9/h3-4H,6H2,1-2H3. The van der Waals surface area contributed by atoms with Gasteiger partial charge in [0.05, 0.1) is 6.04 Å². The maximum atomic E-state index is 10.3. The Morgan fingerprint density at radius 1 is 1.56 bits per heavy atom. The molecule has 0 rings (SSSR count). The number of nitrogens with zero attached hydrogens (tertiary/aromatic N) is 1. The van der Waals surface area contributed by atoms with Gasteiger partial charge in [-0.25, -0.2) is 0 Å². The molecule has 0 aliphatic heterocycles. The molecule has 0 aliphatic rings. The van der Waals surface area contributed by atoms with Crippen LogP contribution in [0.3, 0.4) is 0 Å². The molecule has 0 aromatic rings. The number of nitroso groups, excluding NO2 is 1. The number of amides is 1. The molecule has 0 spiro atoms. The minimum Gasteiger partial charge on any atom is -0.320 e. The summed E-state index contributed by atoms with van der Waals surface area (Å²) in [5.74, 6) is -0.791. The van der Waals surface area contributed by atoms with E-state index in [1.54, 1.807) is 13.8 Å². The van der Waals surface area contributed by atoms with Crippen LogP contribution in [0, 0.1) is 10.8 Å². The second-order valence-electron chi connectivity index (χ2n) is 2.20. The number of carbonyl (C=O) groups is 1. The lowest BCUT2D eigenvalue weighted by Crippen LogP contribution is -2.33. The van der Waals surface area contributed by atoms with Crippen LogP contribution in [-0.4, -0.2) is 11.9 Å². The zero-order chi connectivity index (χ0) is 7.44. The molecule has 0 saturated heterocycles. The lowest BCUT2D eigenvalue weighted by Gasteiger charge is -2.07. The van der Waals surface area contributed by atoms with Crippen molar-refractivity contribution in [2.75, 3.05) is 0 Å². The first kappa shape index (κ1) is 8.23.